The third kappa shape index (κ3) is 5.75. The molecule has 0 saturated heterocycles. The number of benzene rings is 2. The first-order valence-corrected chi connectivity index (χ1v) is 10.8. The van der Waals surface area contributed by atoms with E-state index in [1.165, 1.54) is 36.7 Å². The van der Waals surface area contributed by atoms with E-state index in [2.05, 4.69) is 10.3 Å². The third-order valence-electron chi connectivity index (χ3n) is 4.15. The minimum atomic E-state index is -4.74. The van der Waals surface area contributed by atoms with Crippen LogP contribution in [0.1, 0.15) is 11.1 Å². The molecule has 1 aromatic heterocycles. The van der Waals surface area contributed by atoms with E-state index in [1.54, 1.807) is 18.2 Å². The number of alkyl halides is 3. The molecular formula is C20H16ClF3N4O3S. The molecule has 0 fully saturated rings. The number of nitrogens with zero attached hydrogens (tertiary/aromatic N) is 2. The summed E-state index contributed by atoms with van der Waals surface area (Å²) in [5, 5.41) is 2.59. The zero-order chi connectivity index (χ0) is 23.4. The Morgan fingerprint density at radius 2 is 1.78 bits per heavy atom. The molecule has 0 aliphatic carbocycles. The maximum absolute atomic E-state index is 13.2. The number of aromatic nitrogens is 1. The zero-order valence-corrected chi connectivity index (χ0v) is 17.7. The monoisotopic (exact) mass is 484 g/mol. The lowest BCUT2D eigenvalue weighted by Crippen LogP contribution is -2.51. The average Bonchev–Trinajstić information content (AvgIpc) is 2.77. The van der Waals surface area contributed by atoms with Crippen molar-refractivity contribution in [3.63, 3.8) is 0 Å². The Hall–Kier alpha value is -3.15. The summed E-state index contributed by atoms with van der Waals surface area (Å²) in [6, 6.07) is 11.5. The second kappa shape index (κ2) is 9.55. The highest BCUT2D eigenvalue weighted by molar-refractivity contribution is 7.89. The van der Waals surface area contributed by atoms with E-state index in [0.717, 1.165) is 12.1 Å². The van der Waals surface area contributed by atoms with Crippen molar-refractivity contribution < 1.29 is 26.4 Å². The van der Waals surface area contributed by atoms with Crippen molar-refractivity contribution in [1.82, 2.24) is 15.1 Å². The number of carbonyl (C=O) groups is 1. The van der Waals surface area contributed by atoms with Crippen molar-refractivity contribution in [2.75, 3.05) is 5.01 Å². The quantitative estimate of drug-likeness (QED) is 0.508. The Morgan fingerprint density at radius 1 is 1.06 bits per heavy atom. The number of amides is 2. The highest BCUT2D eigenvalue weighted by Crippen LogP contribution is 2.35. The van der Waals surface area contributed by atoms with Gasteiger partial charge in [0.25, 0.3) is 10.0 Å². The lowest BCUT2D eigenvalue weighted by atomic mass is 10.2. The molecule has 1 heterocycles. The molecule has 2 amide bonds. The van der Waals surface area contributed by atoms with Crippen LogP contribution < -0.4 is 15.2 Å². The average molecular weight is 485 g/mol. The second-order valence-corrected chi connectivity index (χ2v) is 8.50. The van der Waals surface area contributed by atoms with Crippen LogP contribution in [0.5, 0.6) is 0 Å². The molecule has 0 unspecified atom stereocenters. The van der Waals surface area contributed by atoms with Crippen LogP contribution in [0.2, 0.25) is 5.02 Å². The Kier molecular flexibility index (Phi) is 7.02. The fourth-order valence-corrected chi connectivity index (χ4v) is 3.84. The molecule has 3 rings (SSSR count). The third-order valence-corrected chi connectivity index (χ3v) is 5.78. The number of urea groups is 1. The van der Waals surface area contributed by atoms with Gasteiger partial charge < -0.3 is 5.32 Å². The molecule has 12 heteroatoms. The summed E-state index contributed by atoms with van der Waals surface area (Å²) < 4.78 is 65.2. The summed E-state index contributed by atoms with van der Waals surface area (Å²) in [5.41, 5.74) is -1.02. The van der Waals surface area contributed by atoms with E-state index in [9.17, 15) is 26.4 Å². The van der Waals surface area contributed by atoms with Gasteiger partial charge in [-0.3, -0.25) is 4.98 Å². The lowest BCUT2D eigenvalue weighted by molar-refractivity contribution is -0.137. The van der Waals surface area contributed by atoms with Gasteiger partial charge in [0, 0.05) is 18.9 Å². The maximum atomic E-state index is 13.2. The molecule has 3 aromatic rings. The van der Waals surface area contributed by atoms with Gasteiger partial charge in [0.2, 0.25) is 0 Å². The molecule has 0 spiro atoms. The van der Waals surface area contributed by atoms with Crippen molar-refractivity contribution in [1.29, 1.82) is 0 Å². The van der Waals surface area contributed by atoms with Crippen LogP contribution in [0, 0.1) is 0 Å². The van der Waals surface area contributed by atoms with Gasteiger partial charge in [-0.05, 0) is 42.0 Å². The van der Waals surface area contributed by atoms with Gasteiger partial charge in [0.15, 0.2) is 0 Å². The summed E-state index contributed by atoms with van der Waals surface area (Å²) in [6.07, 6.45) is -1.75. The maximum Gasteiger partial charge on any atom is 0.416 e. The molecular weight excluding hydrogens is 469 g/mol. The van der Waals surface area contributed by atoms with Crippen LogP contribution in [0.15, 0.2) is 78.0 Å². The smallest absolute Gasteiger partial charge is 0.332 e. The molecule has 0 aliphatic rings. The van der Waals surface area contributed by atoms with E-state index in [1.807, 2.05) is 4.83 Å². The Balaban J connectivity index is 1.98. The lowest BCUT2D eigenvalue weighted by Gasteiger charge is -2.25. The van der Waals surface area contributed by atoms with E-state index < -0.39 is 33.5 Å². The predicted octanol–water partition coefficient (Wildman–Crippen LogP) is 4.36. The highest BCUT2D eigenvalue weighted by Gasteiger charge is 2.33. The summed E-state index contributed by atoms with van der Waals surface area (Å²) in [5.74, 6) is 0. The van der Waals surface area contributed by atoms with Crippen LogP contribution in [-0.4, -0.2) is 19.4 Å². The molecule has 0 bridgehead atoms. The number of halogens is 4. The van der Waals surface area contributed by atoms with Crippen LogP contribution in [0.25, 0.3) is 0 Å². The van der Waals surface area contributed by atoms with E-state index in [0.29, 0.717) is 16.6 Å². The fourth-order valence-electron chi connectivity index (χ4n) is 2.59. The van der Waals surface area contributed by atoms with Crippen LogP contribution in [0.4, 0.5) is 23.7 Å². The zero-order valence-electron chi connectivity index (χ0n) is 16.2. The first-order valence-electron chi connectivity index (χ1n) is 8.99. The van der Waals surface area contributed by atoms with Crippen molar-refractivity contribution in [2.24, 2.45) is 0 Å². The molecule has 7 nitrogen and oxygen atoms in total. The standard InChI is InChI=1S/C20H16ClF3N4O3S/c21-17-9-8-15(20(22,23)24)11-18(17)28(19(29)26-13-14-5-4-10-25-12-14)27-32(30,31)16-6-2-1-3-7-16/h1-12,27H,13H2,(H,26,29). The minimum Gasteiger partial charge on any atom is -0.332 e. The number of nitrogens with one attached hydrogen (secondary N) is 2. The molecule has 0 saturated carbocycles. The van der Waals surface area contributed by atoms with Crippen molar-refractivity contribution in [3.05, 3.63) is 89.2 Å². The molecule has 2 aromatic carbocycles. The van der Waals surface area contributed by atoms with E-state index in [4.69, 9.17) is 11.6 Å². The van der Waals surface area contributed by atoms with Crippen molar-refractivity contribution in [3.8, 4) is 0 Å². The Bertz CT molecular complexity index is 1190. The molecule has 32 heavy (non-hydrogen) atoms. The van der Waals surface area contributed by atoms with Gasteiger partial charge in [-0.15, -0.1) is 4.83 Å². The SMILES string of the molecule is O=C(NCc1cccnc1)N(NS(=O)(=O)c1ccccc1)c1cc(C(F)(F)F)ccc1Cl. The minimum absolute atomic E-state index is 0.0627. The summed E-state index contributed by atoms with van der Waals surface area (Å²) in [7, 11) is -4.34. The van der Waals surface area contributed by atoms with Gasteiger partial charge in [0.1, 0.15) is 0 Å². The largest absolute Gasteiger partial charge is 0.416 e. The van der Waals surface area contributed by atoms with Crippen LogP contribution in [-0.2, 0) is 22.7 Å². The number of rotatable bonds is 6. The topological polar surface area (TPSA) is 91.4 Å². The number of pyridine rings is 1. The summed E-state index contributed by atoms with van der Waals surface area (Å²) >= 11 is 6.04. The molecule has 0 atom stereocenters. The van der Waals surface area contributed by atoms with Gasteiger partial charge in [-0.2, -0.15) is 13.2 Å². The molecule has 0 aliphatic heterocycles. The van der Waals surface area contributed by atoms with E-state index >= 15 is 0 Å². The van der Waals surface area contributed by atoms with Crippen LogP contribution >= 0.6 is 11.6 Å². The van der Waals surface area contributed by atoms with Crippen molar-refractivity contribution >= 4 is 33.3 Å². The number of hydrazine groups is 1. The fraction of sp³-hybridized carbons (Fsp3) is 0.100. The van der Waals surface area contributed by atoms with Crippen LogP contribution in [0.3, 0.4) is 0 Å². The number of sulfonamides is 1. The molecule has 168 valence electrons. The number of hydrogen-bond donors (Lipinski definition) is 2. The number of anilines is 1. The highest BCUT2D eigenvalue weighted by atomic mass is 35.5. The van der Waals surface area contributed by atoms with Crippen molar-refractivity contribution in [2.45, 2.75) is 17.6 Å². The van der Waals surface area contributed by atoms with Gasteiger partial charge in [-0.1, -0.05) is 35.9 Å². The Morgan fingerprint density at radius 3 is 2.41 bits per heavy atom. The molecule has 0 radical (unpaired) electrons. The first-order chi connectivity index (χ1) is 15.1. The predicted molar refractivity (Wildman–Crippen MR) is 112 cm³/mol. The first kappa shape index (κ1) is 23.5. The van der Waals surface area contributed by atoms with Gasteiger partial charge >= 0.3 is 12.2 Å². The normalized spacial score (nSPS) is 11.8. The van der Waals surface area contributed by atoms with E-state index in [-0.39, 0.29) is 16.5 Å². The summed E-state index contributed by atoms with van der Waals surface area (Å²) in [4.78, 5) is 18.6. The molecule has 2 N–H and O–H groups in total. The second-order valence-electron chi connectivity index (χ2n) is 6.43. The Labute approximate surface area is 186 Å². The number of carbonyl (C=O) groups excluding carboxylic acids is 1. The number of hydrogen-bond acceptors (Lipinski definition) is 4. The van der Waals surface area contributed by atoms with Gasteiger partial charge in [-0.25, -0.2) is 18.2 Å². The summed E-state index contributed by atoms with van der Waals surface area (Å²) in [6.45, 7) is -0.0627. The van der Waals surface area contributed by atoms with Gasteiger partial charge in [0.05, 0.1) is 21.2 Å².